The third kappa shape index (κ3) is 1.77. The second-order valence-corrected chi connectivity index (χ2v) is 4.45. The van der Waals surface area contributed by atoms with Crippen LogP contribution in [-0.4, -0.2) is 54.8 Å². The number of aliphatic hydroxyl groups excluding tert-OH is 3. The predicted molar refractivity (Wildman–Crippen MR) is 64.9 cm³/mol. The van der Waals surface area contributed by atoms with Crippen molar-refractivity contribution in [3.05, 3.63) is 18.6 Å². The number of aromatic nitrogens is 3. The first kappa shape index (κ1) is 12.3. The van der Waals surface area contributed by atoms with E-state index >= 15 is 0 Å². The monoisotopic (exact) mass is 266 g/mol. The van der Waals surface area contributed by atoms with E-state index in [4.69, 9.17) is 15.6 Å². The van der Waals surface area contributed by atoms with Gasteiger partial charge in [-0.15, -0.1) is 0 Å². The Morgan fingerprint density at radius 3 is 2.79 bits per heavy atom. The Balaban J connectivity index is 2.04. The zero-order valence-corrected chi connectivity index (χ0v) is 9.92. The number of nitrogens with two attached hydrogens (primary N) is 1. The molecule has 1 unspecified atom stereocenters. The molecule has 102 valence electrons. The number of aliphatic hydroxyl groups is 3. The second-order valence-electron chi connectivity index (χ2n) is 4.45. The topological polar surface area (TPSA) is 127 Å². The lowest BCUT2D eigenvalue weighted by atomic mass is 10.1. The molecule has 1 saturated heterocycles. The maximum absolute atomic E-state index is 9.97. The van der Waals surface area contributed by atoms with Gasteiger partial charge in [0.15, 0.2) is 11.9 Å². The summed E-state index contributed by atoms with van der Waals surface area (Å²) in [5.74, 6) is 0. The molecule has 1 fully saturated rings. The smallest absolute Gasteiger partial charge is 0.165 e. The van der Waals surface area contributed by atoms with Crippen molar-refractivity contribution in [2.24, 2.45) is 0 Å². The first-order valence-corrected chi connectivity index (χ1v) is 5.83. The highest BCUT2D eigenvalue weighted by molar-refractivity contribution is 5.83. The van der Waals surface area contributed by atoms with Gasteiger partial charge in [0.05, 0.1) is 18.6 Å². The molecule has 5 N–H and O–H groups in total. The summed E-state index contributed by atoms with van der Waals surface area (Å²) in [6.07, 6.45) is -1.05. The molecule has 4 atom stereocenters. The lowest BCUT2D eigenvalue weighted by molar-refractivity contribution is -0.0511. The van der Waals surface area contributed by atoms with Crippen molar-refractivity contribution in [2.45, 2.75) is 24.5 Å². The van der Waals surface area contributed by atoms with E-state index in [0.717, 1.165) is 0 Å². The van der Waals surface area contributed by atoms with Crippen molar-refractivity contribution < 1.29 is 20.1 Å². The number of fused-ring (bicyclic) bond motifs is 1. The average Bonchev–Trinajstić information content (AvgIpc) is 2.94. The minimum absolute atomic E-state index is 0.378. The molecule has 19 heavy (non-hydrogen) atoms. The molecule has 8 nitrogen and oxygen atoms in total. The van der Waals surface area contributed by atoms with Crippen LogP contribution in [-0.2, 0) is 4.74 Å². The first-order chi connectivity index (χ1) is 9.13. The Hall–Kier alpha value is -1.74. The fourth-order valence-electron chi connectivity index (χ4n) is 2.25. The van der Waals surface area contributed by atoms with Gasteiger partial charge in [0.25, 0.3) is 0 Å². The number of nitrogen functional groups attached to an aromatic ring is 1. The van der Waals surface area contributed by atoms with Crippen LogP contribution < -0.4 is 5.73 Å². The Morgan fingerprint density at radius 1 is 1.32 bits per heavy atom. The van der Waals surface area contributed by atoms with Gasteiger partial charge in [-0.05, 0) is 6.07 Å². The summed E-state index contributed by atoms with van der Waals surface area (Å²) < 4.78 is 6.91. The Kier molecular flexibility index (Phi) is 2.86. The molecule has 0 aromatic carbocycles. The minimum Gasteiger partial charge on any atom is -0.397 e. The van der Waals surface area contributed by atoms with Crippen LogP contribution in [0.3, 0.4) is 0 Å². The van der Waals surface area contributed by atoms with E-state index in [9.17, 15) is 10.2 Å². The van der Waals surface area contributed by atoms with Gasteiger partial charge in [-0.3, -0.25) is 4.57 Å². The molecule has 0 amide bonds. The Morgan fingerprint density at radius 2 is 2.11 bits per heavy atom. The second kappa shape index (κ2) is 4.42. The van der Waals surface area contributed by atoms with Crippen molar-refractivity contribution in [1.29, 1.82) is 0 Å². The van der Waals surface area contributed by atoms with Crippen LogP contribution in [0.2, 0.25) is 0 Å². The van der Waals surface area contributed by atoms with Crippen molar-refractivity contribution >= 4 is 16.9 Å². The summed E-state index contributed by atoms with van der Waals surface area (Å²) in [5.41, 5.74) is 7.20. The minimum atomic E-state index is -1.17. The number of hydrogen-bond donors (Lipinski definition) is 4. The van der Waals surface area contributed by atoms with Gasteiger partial charge >= 0.3 is 0 Å². The van der Waals surface area contributed by atoms with E-state index in [1.54, 1.807) is 6.07 Å². The van der Waals surface area contributed by atoms with E-state index < -0.39 is 24.5 Å². The highest BCUT2D eigenvalue weighted by Gasteiger charge is 2.43. The van der Waals surface area contributed by atoms with E-state index in [2.05, 4.69) is 9.97 Å². The zero-order valence-electron chi connectivity index (χ0n) is 9.92. The average molecular weight is 266 g/mol. The number of hydrogen-bond acceptors (Lipinski definition) is 7. The first-order valence-electron chi connectivity index (χ1n) is 5.83. The van der Waals surface area contributed by atoms with Gasteiger partial charge in [0.1, 0.15) is 23.8 Å². The molecular formula is C11H14N4O4. The number of nitrogens with zero attached hydrogens (tertiary/aromatic N) is 3. The lowest BCUT2D eigenvalue weighted by Crippen LogP contribution is -2.33. The molecule has 0 bridgehead atoms. The maximum Gasteiger partial charge on any atom is 0.165 e. The number of anilines is 1. The Labute approximate surface area is 108 Å². The SMILES string of the molecule is Nc1ccnc2c1ncn2[C@@H]1O[C@H](CO)[C@H](O)C1O. The molecule has 3 rings (SSSR count). The predicted octanol–water partition coefficient (Wildman–Crippen LogP) is -1.38. The molecule has 0 aliphatic carbocycles. The van der Waals surface area contributed by atoms with Crippen LogP contribution in [0.25, 0.3) is 11.2 Å². The fourth-order valence-corrected chi connectivity index (χ4v) is 2.25. The largest absolute Gasteiger partial charge is 0.397 e. The summed E-state index contributed by atoms with van der Waals surface area (Å²) in [6, 6.07) is 1.62. The molecule has 2 aromatic rings. The summed E-state index contributed by atoms with van der Waals surface area (Å²) in [4.78, 5) is 8.26. The highest BCUT2D eigenvalue weighted by atomic mass is 16.6. The summed E-state index contributed by atoms with van der Waals surface area (Å²) in [5, 5.41) is 28.8. The highest BCUT2D eigenvalue weighted by Crippen LogP contribution is 2.31. The van der Waals surface area contributed by atoms with Crippen LogP contribution in [0.5, 0.6) is 0 Å². The van der Waals surface area contributed by atoms with Crippen molar-refractivity contribution in [3.8, 4) is 0 Å². The molecule has 2 aromatic heterocycles. The molecule has 3 heterocycles. The molecule has 0 saturated carbocycles. The summed E-state index contributed by atoms with van der Waals surface area (Å²) in [6.45, 7) is -0.378. The number of pyridine rings is 1. The Bertz CT molecular complexity index is 601. The van der Waals surface area contributed by atoms with Crippen molar-refractivity contribution in [2.75, 3.05) is 12.3 Å². The van der Waals surface area contributed by atoms with Crippen LogP contribution in [0.15, 0.2) is 18.6 Å². The van der Waals surface area contributed by atoms with Gasteiger partial charge in [0.2, 0.25) is 0 Å². The van der Waals surface area contributed by atoms with E-state index in [1.807, 2.05) is 0 Å². The van der Waals surface area contributed by atoms with Crippen molar-refractivity contribution in [3.63, 3.8) is 0 Å². The van der Waals surface area contributed by atoms with Crippen molar-refractivity contribution in [1.82, 2.24) is 14.5 Å². The standard InChI is InChI=1S/C11H14N4O4/c12-5-1-2-13-10-7(5)14-4-15(10)11-9(18)8(17)6(3-16)19-11/h1-2,4,6,8-9,11,16-18H,3H2,(H2,12,13)/t6-,8+,9?,11-/m1/s1. The van der Waals surface area contributed by atoms with Crippen LogP contribution >= 0.6 is 0 Å². The molecule has 0 spiro atoms. The van der Waals surface area contributed by atoms with Crippen LogP contribution in [0.4, 0.5) is 5.69 Å². The van der Waals surface area contributed by atoms with E-state index in [-0.39, 0.29) is 6.61 Å². The molecule has 1 aliphatic rings. The van der Waals surface area contributed by atoms with Crippen LogP contribution in [0, 0.1) is 0 Å². The number of ether oxygens (including phenoxy) is 1. The third-order valence-electron chi connectivity index (χ3n) is 3.28. The summed E-state index contributed by atoms with van der Waals surface area (Å²) in [7, 11) is 0. The summed E-state index contributed by atoms with van der Waals surface area (Å²) >= 11 is 0. The third-order valence-corrected chi connectivity index (χ3v) is 3.28. The lowest BCUT2D eigenvalue weighted by Gasteiger charge is -2.16. The zero-order chi connectivity index (χ0) is 13.6. The molecule has 0 radical (unpaired) electrons. The van der Waals surface area contributed by atoms with Crippen LogP contribution in [0.1, 0.15) is 6.23 Å². The number of rotatable bonds is 2. The fraction of sp³-hybridized carbons (Fsp3) is 0.455. The maximum atomic E-state index is 9.97. The normalized spacial score (nSPS) is 31.1. The number of imidazole rings is 1. The molecule has 1 aliphatic heterocycles. The van der Waals surface area contributed by atoms with E-state index in [0.29, 0.717) is 16.9 Å². The van der Waals surface area contributed by atoms with Gasteiger partial charge in [-0.25, -0.2) is 9.97 Å². The van der Waals surface area contributed by atoms with Gasteiger partial charge < -0.3 is 25.8 Å². The van der Waals surface area contributed by atoms with Gasteiger partial charge in [-0.1, -0.05) is 0 Å². The molecular weight excluding hydrogens is 252 g/mol. The van der Waals surface area contributed by atoms with Gasteiger partial charge in [0, 0.05) is 6.20 Å². The molecule has 8 heteroatoms. The quantitative estimate of drug-likeness (QED) is 0.528. The van der Waals surface area contributed by atoms with E-state index in [1.165, 1.54) is 17.1 Å². The van der Waals surface area contributed by atoms with Gasteiger partial charge in [-0.2, -0.15) is 0 Å².